The third-order valence-corrected chi connectivity index (χ3v) is 2.59. The van der Waals surface area contributed by atoms with E-state index in [0.717, 1.165) is 5.56 Å². The zero-order valence-electron chi connectivity index (χ0n) is 12.7. The normalized spacial score (nSPS) is 10.7. The van der Waals surface area contributed by atoms with E-state index in [4.69, 9.17) is 24.1 Å². The molecule has 8 heteroatoms. The van der Waals surface area contributed by atoms with Gasteiger partial charge in [-0.15, -0.1) is 0 Å². The van der Waals surface area contributed by atoms with Gasteiger partial charge in [-0.2, -0.15) is 0 Å². The monoisotopic (exact) mass is 315 g/mol. The number of benzene rings is 1. The Labute approximate surface area is 128 Å². The maximum atomic E-state index is 10.8. The SMILES string of the molecule is COc1ccc([C@H](CO)COC(C)=O)c(OC)c1.NC(=O)O. The third kappa shape index (κ3) is 7.34. The number of primary amides is 1. The lowest BCUT2D eigenvalue weighted by molar-refractivity contribution is -0.141. The van der Waals surface area contributed by atoms with Gasteiger partial charge in [-0.05, 0) is 6.07 Å². The molecule has 0 saturated carbocycles. The van der Waals surface area contributed by atoms with E-state index >= 15 is 0 Å². The summed E-state index contributed by atoms with van der Waals surface area (Å²) in [5, 5.41) is 16.6. The van der Waals surface area contributed by atoms with Gasteiger partial charge in [0.1, 0.15) is 18.1 Å². The molecule has 0 bridgehead atoms. The van der Waals surface area contributed by atoms with E-state index in [2.05, 4.69) is 5.73 Å². The fourth-order valence-corrected chi connectivity index (χ4v) is 1.61. The summed E-state index contributed by atoms with van der Waals surface area (Å²) in [4.78, 5) is 19.6. The van der Waals surface area contributed by atoms with Crippen LogP contribution in [0, 0.1) is 0 Å². The summed E-state index contributed by atoms with van der Waals surface area (Å²) in [7, 11) is 3.11. The summed E-state index contributed by atoms with van der Waals surface area (Å²) in [6.45, 7) is 1.32. The number of ether oxygens (including phenoxy) is 3. The van der Waals surface area contributed by atoms with Gasteiger partial charge < -0.3 is 30.2 Å². The van der Waals surface area contributed by atoms with Gasteiger partial charge in [0.15, 0.2) is 0 Å². The summed E-state index contributed by atoms with van der Waals surface area (Å²) in [5.41, 5.74) is 4.81. The Morgan fingerprint density at radius 3 is 2.27 bits per heavy atom. The number of hydrogen-bond donors (Lipinski definition) is 3. The lowest BCUT2D eigenvalue weighted by Gasteiger charge is -2.18. The number of carboxylic acid groups (broad SMARTS) is 1. The molecular weight excluding hydrogens is 294 g/mol. The van der Waals surface area contributed by atoms with E-state index in [1.807, 2.05) is 0 Å². The van der Waals surface area contributed by atoms with Crippen LogP contribution in [0.5, 0.6) is 11.5 Å². The zero-order valence-corrected chi connectivity index (χ0v) is 12.7. The molecule has 1 rings (SSSR count). The van der Waals surface area contributed by atoms with Gasteiger partial charge in [0, 0.05) is 24.5 Å². The average Bonchev–Trinajstić information content (AvgIpc) is 2.47. The maximum absolute atomic E-state index is 10.8. The molecule has 0 unspecified atom stereocenters. The fourth-order valence-electron chi connectivity index (χ4n) is 1.61. The van der Waals surface area contributed by atoms with Crippen molar-refractivity contribution in [3.05, 3.63) is 23.8 Å². The standard InChI is InChI=1S/C13H18O5.CH3NO2/c1-9(15)18-8-10(7-14)12-5-4-11(16-2)6-13(12)17-3;2-1(3)4/h4-6,10,14H,7-8H2,1-3H3;2H2,(H,3,4)/t10-;/m1./s1. The van der Waals surface area contributed by atoms with Crippen LogP contribution in [-0.2, 0) is 9.53 Å². The lowest BCUT2D eigenvalue weighted by Crippen LogP contribution is -2.15. The molecule has 0 radical (unpaired) electrons. The topological polar surface area (TPSA) is 128 Å². The van der Waals surface area contributed by atoms with Crippen LogP contribution in [0.2, 0.25) is 0 Å². The van der Waals surface area contributed by atoms with E-state index in [1.165, 1.54) is 6.92 Å². The van der Waals surface area contributed by atoms with Gasteiger partial charge in [-0.1, -0.05) is 6.07 Å². The number of aliphatic hydroxyl groups excluding tert-OH is 1. The van der Waals surface area contributed by atoms with Crippen molar-refractivity contribution in [3.8, 4) is 11.5 Å². The predicted molar refractivity (Wildman–Crippen MR) is 78.2 cm³/mol. The molecule has 0 aromatic heterocycles. The molecule has 8 nitrogen and oxygen atoms in total. The summed E-state index contributed by atoms with van der Waals surface area (Å²) >= 11 is 0. The second-order valence-electron chi connectivity index (χ2n) is 4.13. The average molecular weight is 315 g/mol. The van der Waals surface area contributed by atoms with Gasteiger partial charge in [-0.25, -0.2) is 4.79 Å². The van der Waals surface area contributed by atoms with E-state index < -0.39 is 6.09 Å². The smallest absolute Gasteiger partial charge is 0.402 e. The van der Waals surface area contributed by atoms with Crippen molar-refractivity contribution in [2.75, 3.05) is 27.4 Å². The highest BCUT2D eigenvalue weighted by atomic mass is 16.5. The zero-order chi connectivity index (χ0) is 17.1. The highest BCUT2D eigenvalue weighted by molar-refractivity contribution is 5.66. The Kier molecular flexibility index (Phi) is 9.12. The van der Waals surface area contributed by atoms with Crippen LogP contribution in [0.15, 0.2) is 18.2 Å². The minimum Gasteiger partial charge on any atom is -0.497 e. The summed E-state index contributed by atoms with van der Waals surface area (Å²) in [6, 6.07) is 5.29. The van der Waals surface area contributed by atoms with Crippen LogP contribution in [0.25, 0.3) is 0 Å². The van der Waals surface area contributed by atoms with Crippen LogP contribution in [0.3, 0.4) is 0 Å². The highest BCUT2D eigenvalue weighted by Crippen LogP contribution is 2.30. The molecule has 0 aliphatic rings. The van der Waals surface area contributed by atoms with Crippen molar-refractivity contribution in [3.63, 3.8) is 0 Å². The van der Waals surface area contributed by atoms with E-state index in [1.54, 1.807) is 32.4 Å². The summed E-state index contributed by atoms with van der Waals surface area (Å²) in [6.07, 6.45) is -1.33. The third-order valence-electron chi connectivity index (χ3n) is 2.59. The molecule has 4 N–H and O–H groups in total. The molecule has 0 aliphatic carbocycles. The van der Waals surface area contributed by atoms with Crippen LogP contribution in [-0.4, -0.2) is 49.7 Å². The predicted octanol–water partition coefficient (Wildman–Crippen LogP) is 0.966. The molecular formula is C14H21NO7. The number of hydrogen-bond acceptors (Lipinski definition) is 6. The summed E-state index contributed by atoms with van der Waals surface area (Å²) in [5.74, 6) is 0.580. The second-order valence-corrected chi connectivity index (χ2v) is 4.13. The van der Waals surface area contributed by atoms with Crippen molar-refractivity contribution >= 4 is 12.1 Å². The number of aliphatic hydroxyl groups is 1. The molecule has 1 aromatic rings. The van der Waals surface area contributed by atoms with Crippen molar-refractivity contribution < 1.29 is 34.0 Å². The first kappa shape index (κ1) is 19.5. The first-order chi connectivity index (χ1) is 10.3. The van der Waals surface area contributed by atoms with Gasteiger partial charge in [0.25, 0.3) is 0 Å². The van der Waals surface area contributed by atoms with E-state index in [-0.39, 0.29) is 25.1 Å². The van der Waals surface area contributed by atoms with Crippen LogP contribution < -0.4 is 15.2 Å². The first-order valence-electron chi connectivity index (χ1n) is 6.30. The maximum Gasteiger partial charge on any atom is 0.402 e. The fraction of sp³-hybridized carbons (Fsp3) is 0.429. The molecule has 22 heavy (non-hydrogen) atoms. The van der Waals surface area contributed by atoms with Crippen LogP contribution in [0.1, 0.15) is 18.4 Å². The Balaban J connectivity index is 0.000000980. The molecule has 0 saturated heterocycles. The van der Waals surface area contributed by atoms with Crippen molar-refractivity contribution in [2.45, 2.75) is 12.8 Å². The van der Waals surface area contributed by atoms with Gasteiger partial charge in [-0.3, -0.25) is 4.79 Å². The van der Waals surface area contributed by atoms with Crippen LogP contribution >= 0.6 is 0 Å². The Bertz CT molecular complexity index is 486. The molecule has 0 heterocycles. The minimum absolute atomic E-state index is 0.120. The molecule has 124 valence electrons. The van der Waals surface area contributed by atoms with Gasteiger partial charge in [0.05, 0.1) is 20.8 Å². The molecule has 1 amide bonds. The molecule has 0 aliphatic heterocycles. The number of carbonyl (C=O) groups is 2. The van der Waals surface area contributed by atoms with Gasteiger partial charge >= 0.3 is 12.1 Å². The minimum atomic E-state index is -1.33. The Morgan fingerprint density at radius 2 is 1.86 bits per heavy atom. The number of rotatable bonds is 6. The molecule has 1 aromatic carbocycles. The number of amides is 1. The quantitative estimate of drug-likeness (QED) is 0.667. The molecule has 0 spiro atoms. The van der Waals surface area contributed by atoms with Crippen molar-refractivity contribution in [1.82, 2.24) is 0 Å². The molecule has 0 fully saturated rings. The number of nitrogens with two attached hydrogens (primary N) is 1. The Hall–Kier alpha value is -2.48. The number of esters is 1. The number of carbonyl (C=O) groups excluding carboxylic acids is 1. The lowest BCUT2D eigenvalue weighted by atomic mass is 9.99. The van der Waals surface area contributed by atoms with Gasteiger partial charge in [0.2, 0.25) is 0 Å². The second kappa shape index (κ2) is 10.3. The van der Waals surface area contributed by atoms with E-state index in [9.17, 15) is 9.90 Å². The number of methoxy groups -OCH3 is 2. The molecule has 1 atom stereocenters. The van der Waals surface area contributed by atoms with Crippen molar-refractivity contribution in [2.24, 2.45) is 5.73 Å². The largest absolute Gasteiger partial charge is 0.497 e. The highest BCUT2D eigenvalue weighted by Gasteiger charge is 2.17. The Morgan fingerprint density at radius 1 is 1.27 bits per heavy atom. The van der Waals surface area contributed by atoms with Crippen molar-refractivity contribution in [1.29, 1.82) is 0 Å². The van der Waals surface area contributed by atoms with Crippen LogP contribution in [0.4, 0.5) is 4.79 Å². The summed E-state index contributed by atoms with van der Waals surface area (Å²) < 4.78 is 15.3. The van der Waals surface area contributed by atoms with E-state index in [0.29, 0.717) is 11.5 Å². The first-order valence-corrected chi connectivity index (χ1v) is 6.30.